The van der Waals surface area contributed by atoms with Gasteiger partial charge in [0.2, 0.25) is 0 Å². The minimum absolute atomic E-state index is 0.322. The summed E-state index contributed by atoms with van der Waals surface area (Å²) in [4.78, 5) is 30.5. The molecule has 250 valence electrons. The number of rotatable bonds is 5. The number of fused-ring (bicyclic) bond motifs is 4. The van der Waals surface area contributed by atoms with Crippen LogP contribution in [0.4, 0.5) is 5.69 Å². The Morgan fingerprint density at radius 1 is 0.404 bits per heavy atom. The van der Waals surface area contributed by atoms with Crippen molar-refractivity contribution in [2.75, 3.05) is 4.90 Å². The Bertz CT molecular complexity index is 2620. The molecule has 0 atom stereocenters. The lowest BCUT2D eigenvalue weighted by atomic mass is 9.97. The number of anilines is 1. The molecule has 0 aliphatic carbocycles. The number of carbonyl (C=O) groups is 2. The number of carbonyl (C=O) groups excluding carboxylic acids is 2. The molecule has 0 saturated carbocycles. The highest BCUT2D eigenvalue weighted by Gasteiger charge is 2.39. The van der Waals surface area contributed by atoms with E-state index in [1.54, 1.807) is 6.07 Å². The first-order chi connectivity index (χ1) is 25.3. The van der Waals surface area contributed by atoms with Crippen LogP contribution in [-0.4, -0.2) is 16.4 Å². The quantitative estimate of drug-likeness (QED) is 0.171. The largest absolute Gasteiger partial charge is 0.307 e. The first-order valence-corrected chi connectivity index (χ1v) is 17.7. The Balaban J connectivity index is 1.35. The van der Waals surface area contributed by atoms with Gasteiger partial charge in [0.15, 0.2) is 0 Å². The van der Waals surface area contributed by atoms with E-state index in [1.165, 1.54) is 27.2 Å². The van der Waals surface area contributed by atoms with Gasteiger partial charge in [0.25, 0.3) is 11.8 Å². The second kappa shape index (κ2) is 12.1. The maximum absolute atomic E-state index is 14.8. The van der Waals surface area contributed by atoms with Crippen molar-refractivity contribution in [2.45, 2.75) is 27.7 Å². The Morgan fingerprint density at radius 2 is 0.904 bits per heavy atom. The van der Waals surface area contributed by atoms with Crippen LogP contribution >= 0.6 is 0 Å². The topological polar surface area (TPSA) is 42.3 Å². The smallest absolute Gasteiger partial charge is 0.268 e. The molecule has 2 amide bonds. The van der Waals surface area contributed by atoms with Crippen LogP contribution in [0, 0.1) is 27.7 Å². The van der Waals surface area contributed by atoms with E-state index in [0.717, 1.165) is 55.2 Å². The molecule has 0 fully saturated rings. The molecule has 0 radical (unpaired) electrons. The van der Waals surface area contributed by atoms with Crippen molar-refractivity contribution >= 4 is 39.3 Å². The summed E-state index contributed by atoms with van der Waals surface area (Å²) in [5.74, 6) is -0.652. The third kappa shape index (κ3) is 4.98. The normalized spacial score (nSPS) is 12.7. The van der Waals surface area contributed by atoms with Crippen molar-refractivity contribution in [3.63, 3.8) is 0 Å². The molecule has 8 aromatic rings. The Morgan fingerprint density at radius 3 is 1.48 bits per heavy atom. The summed E-state index contributed by atoms with van der Waals surface area (Å²) in [5.41, 5.74) is 15.1. The van der Waals surface area contributed by atoms with E-state index in [9.17, 15) is 9.59 Å². The third-order valence-electron chi connectivity index (χ3n) is 10.2. The lowest BCUT2D eigenvalue weighted by Gasteiger charge is -2.18. The second-order valence-electron chi connectivity index (χ2n) is 14.1. The average molecular weight is 673 g/mol. The Hall–Kier alpha value is -6.52. The molecule has 4 nitrogen and oxygen atoms in total. The van der Waals surface area contributed by atoms with Crippen LogP contribution in [-0.2, 0) is 0 Å². The predicted octanol–water partition coefficient (Wildman–Crippen LogP) is 11.8. The molecule has 4 heteroatoms. The Labute approximate surface area is 303 Å². The highest BCUT2D eigenvalue weighted by molar-refractivity contribution is 6.36. The van der Waals surface area contributed by atoms with Crippen LogP contribution in [0.2, 0.25) is 0 Å². The SMILES string of the molecule is Cc1cc(C)cc(-c2cccc3c4cccc(-c5cc(C)cc(C)c5)c4n(-c4cccc5c4C(=O)N(c4cccc(-c6ccccc6)c4)C5=O)c23)c1. The lowest BCUT2D eigenvalue weighted by molar-refractivity contribution is 0.0926. The number of aromatic nitrogens is 1. The van der Waals surface area contributed by atoms with Gasteiger partial charge in [0.1, 0.15) is 0 Å². The molecule has 0 saturated heterocycles. The standard InChI is InChI=1S/C48H36N2O2/c1-29-22-30(2)25-35(24-29)38-16-9-18-40-41-19-10-17-39(36-26-31(3)23-32(4)27-36)46(41)50(45(38)40)43-21-11-20-42-44(43)48(52)49(47(42)51)37-15-8-14-34(28-37)33-12-6-5-7-13-33/h5-28H,1-4H3. The van der Waals surface area contributed by atoms with Gasteiger partial charge in [-0.05, 0) is 74.2 Å². The average Bonchev–Trinajstić information content (AvgIpc) is 3.62. The van der Waals surface area contributed by atoms with Crippen LogP contribution in [0.25, 0.3) is 60.9 Å². The van der Waals surface area contributed by atoms with E-state index < -0.39 is 0 Å². The minimum Gasteiger partial charge on any atom is -0.307 e. The molecule has 0 N–H and O–H groups in total. The summed E-state index contributed by atoms with van der Waals surface area (Å²) < 4.78 is 2.25. The van der Waals surface area contributed by atoms with Crippen molar-refractivity contribution in [1.29, 1.82) is 0 Å². The summed E-state index contributed by atoms with van der Waals surface area (Å²) in [5, 5.41) is 2.17. The lowest BCUT2D eigenvalue weighted by Crippen LogP contribution is -2.29. The van der Waals surface area contributed by atoms with E-state index >= 15 is 0 Å². The molecule has 1 aliphatic heterocycles. The van der Waals surface area contributed by atoms with Gasteiger partial charge in [-0.1, -0.05) is 144 Å². The zero-order valence-corrected chi connectivity index (χ0v) is 29.6. The second-order valence-corrected chi connectivity index (χ2v) is 14.1. The monoisotopic (exact) mass is 672 g/mol. The molecule has 1 aromatic heterocycles. The summed E-state index contributed by atoms with van der Waals surface area (Å²) in [6.07, 6.45) is 0. The van der Waals surface area contributed by atoms with Crippen molar-refractivity contribution in [2.24, 2.45) is 0 Å². The zero-order chi connectivity index (χ0) is 35.7. The molecule has 0 unspecified atom stereocenters. The number of nitrogens with zero attached hydrogens (tertiary/aromatic N) is 2. The van der Waals surface area contributed by atoms with Gasteiger partial charge in [-0.15, -0.1) is 0 Å². The van der Waals surface area contributed by atoms with E-state index in [1.807, 2.05) is 66.7 Å². The molecule has 1 aliphatic rings. The van der Waals surface area contributed by atoms with Crippen LogP contribution in [0.1, 0.15) is 43.0 Å². The molecule has 9 rings (SSSR count). The fourth-order valence-corrected chi connectivity index (χ4v) is 8.23. The van der Waals surface area contributed by atoms with Crippen LogP contribution < -0.4 is 4.90 Å². The van der Waals surface area contributed by atoms with Crippen molar-refractivity contribution in [1.82, 2.24) is 4.57 Å². The number of aryl methyl sites for hydroxylation is 4. The van der Waals surface area contributed by atoms with Crippen molar-refractivity contribution < 1.29 is 9.59 Å². The van der Waals surface area contributed by atoms with E-state index in [0.29, 0.717) is 22.5 Å². The molecular weight excluding hydrogens is 637 g/mol. The van der Waals surface area contributed by atoms with Crippen LogP contribution in [0.5, 0.6) is 0 Å². The van der Waals surface area contributed by atoms with Crippen LogP contribution in [0.15, 0.2) is 146 Å². The van der Waals surface area contributed by atoms with E-state index in [2.05, 4.69) is 105 Å². The highest BCUT2D eigenvalue weighted by atomic mass is 16.2. The van der Waals surface area contributed by atoms with Gasteiger partial charge in [-0.3, -0.25) is 9.59 Å². The number of hydrogen-bond acceptors (Lipinski definition) is 2. The first kappa shape index (κ1) is 31.5. The Kier molecular flexibility index (Phi) is 7.30. The van der Waals surface area contributed by atoms with Gasteiger partial charge >= 0.3 is 0 Å². The predicted molar refractivity (Wildman–Crippen MR) is 214 cm³/mol. The third-order valence-corrected chi connectivity index (χ3v) is 10.2. The molecule has 7 aromatic carbocycles. The van der Waals surface area contributed by atoms with E-state index in [-0.39, 0.29) is 11.8 Å². The van der Waals surface area contributed by atoms with Gasteiger partial charge in [0, 0.05) is 21.9 Å². The number of para-hydroxylation sites is 2. The molecule has 0 spiro atoms. The van der Waals surface area contributed by atoms with Gasteiger partial charge in [-0.25, -0.2) is 4.90 Å². The van der Waals surface area contributed by atoms with Gasteiger partial charge in [0.05, 0.1) is 33.5 Å². The molecule has 0 bridgehead atoms. The fourth-order valence-electron chi connectivity index (χ4n) is 8.23. The first-order valence-electron chi connectivity index (χ1n) is 17.7. The molecule has 52 heavy (non-hydrogen) atoms. The maximum atomic E-state index is 14.8. The highest BCUT2D eigenvalue weighted by Crippen LogP contribution is 2.44. The molecular formula is C48H36N2O2. The minimum atomic E-state index is -0.330. The number of imide groups is 1. The number of hydrogen-bond donors (Lipinski definition) is 0. The van der Waals surface area contributed by atoms with Gasteiger partial charge in [-0.2, -0.15) is 0 Å². The van der Waals surface area contributed by atoms with Crippen molar-refractivity contribution in [3.05, 3.63) is 179 Å². The summed E-state index contributed by atoms with van der Waals surface area (Å²) in [7, 11) is 0. The summed E-state index contributed by atoms with van der Waals surface area (Å²) in [6.45, 7) is 8.50. The fraction of sp³-hybridized carbons (Fsp3) is 0.0833. The van der Waals surface area contributed by atoms with E-state index in [4.69, 9.17) is 0 Å². The zero-order valence-electron chi connectivity index (χ0n) is 29.6. The summed E-state index contributed by atoms with van der Waals surface area (Å²) >= 11 is 0. The van der Waals surface area contributed by atoms with Crippen LogP contribution in [0.3, 0.4) is 0 Å². The number of amides is 2. The van der Waals surface area contributed by atoms with Crippen molar-refractivity contribution in [3.8, 4) is 39.1 Å². The summed E-state index contributed by atoms with van der Waals surface area (Å²) in [6, 6.07) is 49.5. The van der Waals surface area contributed by atoms with Gasteiger partial charge < -0.3 is 4.57 Å². The maximum Gasteiger partial charge on any atom is 0.268 e. The molecule has 2 heterocycles. The number of benzene rings is 7.